The number of aryl methyl sites for hydroxylation is 2. The molecule has 0 fully saturated rings. The summed E-state index contributed by atoms with van der Waals surface area (Å²) in [5.41, 5.74) is 5.13. The molecule has 0 spiro atoms. The van der Waals surface area contributed by atoms with Crippen LogP contribution in [0.4, 0.5) is 0 Å². The predicted molar refractivity (Wildman–Crippen MR) is 113 cm³/mol. The number of allylic oxidation sites excluding steroid dienone is 1. The maximum Gasteiger partial charge on any atom is 0.307 e. The number of benzene rings is 2. The average Bonchev–Trinajstić information content (AvgIpc) is 3.14. The molecule has 0 aliphatic heterocycles. The Kier molecular flexibility index (Phi) is 7.97. The van der Waals surface area contributed by atoms with Crippen molar-refractivity contribution in [2.75, 3.05) is 0 Å². The Morgan fingerprint density at radius 3 is 2.04 bits per heavy atom. The van der Waals surface area contributed by atoms with Gasteiger partial charge in [0.2, 0.25) is 0 Å². The van der Waals surface area contributed by atoms with E-state index < -0.39 is 5.97 Å². The van der Waals surface area contributed by atoms with Crippen LogP contribution in [0.2, 0.25) is 0 Å². The van der Waals surface area contributed by atoms with Crippen LogP contribution in [0.3, 0.4) is 0 Å². The molecule has 0 aliphatic carbocycles. The maximum absolute atomic E-state index is 10.6. The molecule has 3 rings (SSSR count). The number of carbonyl (C=O) groups is 2. The first-order valence-electron chi connectivity index (χ1n) is 9.08. The molecular formula is C24H25NO3. The second-order valence-corrected chi connectivity index (χ2v) is 6.63. The quantitative estimate of drug-likeness (QED) is 0.621. The lowest BCUT2D eigenvalue weighted by atomic mass is 10.1. The summed E-state index contributed by atoms with van der Waals surface area (Å²) < 4.78 is 1.92. The van der Waals surface area contributed by atoms with Crippen molar-refractivity contribution >= 4 is 18.3 Å². The minimum absolute atomic E-state index is 0.0435. The van der Waals surface area contributed by atoms with Crippen molar-refractivity contribution in [2.45, 2.75) is 26.8 Å². The lowest BCUT2D eigenvalue weighted by molar-refractivity contribution is -0.136. The molecule has 144 valence electrons. The number of hydrogen-bond donors (Lipinski definition) is 1. The van der Waals surface area contributed by atoms with Crippen LogP contribution in [0.25, 0.3) is 6.08 Å². The van der Waals surface area contributed by atoms with E-state index in [1.165, 1.54) is 11.1 Å². The molecule has 0 amide bonds. The van der Waals surface area contributed by atoms with Crippen molar-refractivity contribution in [3.63, 3.8) is 0 Å². The van der Waals surface area contributed by atoms with Crippen LogP contribution in [-0.4, -0.2) is 21.9 Å². The fraction of sp³-hybridized carbons (Fsp3) is 0.167. The van der Waals surface area contributed by atoms with Crippen molar-refractivity contribution in [3.05, 3.63) is 101 Å². The third-order valence-electron chi connectivity index (χ3n) is 4.09. The van der Waals surface area contributed by atoms with Gasteiger partial charge in [0.15, 0.2) is 6.29 Å². The zero-order chi connectivity index (χ0) is 20.4. The molecule has 3 aromatic rings. The highest BCUT2D eigenvalue weighted by molar-refractivity contribution is 5.74. The van der Waals surface area contributed by atoms with Gasteiger partial charge in [0, 0.05) is 24.5 Å². The number of aromatic nitrogens is 1. The summed E-state index contributed by atoms with van der Waals surface area (Å²) in [6.45, 7) is 4.88. The summed E-state index contributed by atoms with van der Waals surface area (Å²) in [6, 6.07) is 17.7. The number of aliphatic carboxylic acids is 1. The van der Waals surface area contributed by atoms with E-state index in [9.17, 15) is 9.59 Å². The van der Waals surface area contributed by atoms with Gasteiger partial charge in [0.05, 0.1) is 6.42 Å². The molecule has 0 saturated carbocycles. The second-order valence-electron chi connectivity index (χ2n) is 6.63. The molecule has 1 heterocycles. The predicted octanol–water partition coefficient (Wildman–Crippen LogP) is 4.94. The number of nitrogens with zero attached hydrogens (tertiary/aromatic N) is 1. The van der Waals surface area contributed by atoms with Gasteiger partial charge >= 0.3 is 5.97 Å². The van der Waals surface area contributed by atoms with Crippen LogP contribution in [0.5, 0.6) is 0 Å². The van der Waals surface area contributed by atoms with Gasteiger partial charge in [-0.2, -0.15) is 0 Å². The fourth-order valence-corrected chi connectivity index (χ4v) is 2.51. The monoisotopic (exact) mass is 375 g/mol. The Bertz CT molecular complexity index is 898. The molecule has 1 aromatic heterocycles. The second kappa shape index (κ2) is 10.7. The fourth-order valence-electron chi connectivity index (χ4n) is 2.51. The van der Waals surface area contributed by atoms with Crippen LogP contribution in [0, 0.1) is 13.8 Å². The highest BCUT2D eigenvalue weighted by Crippen LogP contribution is 2.08. The Morgan fingerprint density at radius 2 is 1.54 bits per heavy atom. The van der Waals surface area contributed by atoms with Gasteiger partial charge in [-0.1, -0.05) is 71.8 Å². The van der Waals surface area contributed by atoms with Gasteiger partial charge in [0.25, 0.3) is 0 Å². The molecule has 0 aliphatic rings. The number of carboxylic acids is 1. The lowest BCUT2D eigenvalue weighted by Gasteiger charge is -1.99. The zero-order valence-electron chi connectivity index (χ0n) is 16.2. The van der Waals surface area contributed by atoms with E-state index in [1.807, 2.05) is 47.2 Å². The third kappa shape index (κ3) is 7.46. The average molecular weight is 375 g/mol. The van der Waals surface area contributed by atoms with E-state index in [0.717, 1.165) is 17.4 Å². The van der Waals surface area contributed by atoms with Gasteiger partial charge in [-0.3, -0.25) is 9.59 Å². The summed E-state index contributed by atoms with van der Waals surface area (Å²) in [6.07, 6.45) is 8.45. The minimum Gasteiger partial charge on any atom is -0.481 e. The zero-order valence-corrected chi connectivity index (χ0v) is 16.2. The van der Waals surface area contributed by atoms with Crippen molar-refractivity contribution in [1.82, 2.24) is 4.57 Å². The molecule has 0 unspecified atom stereocenters. The smallest absolute Gasteiger partial charge is 0.307 e. The van der Waals surface area contributed by atoms with E-state index >= 15 is 0 Å². The Morgan fingerprint density at radius 1 is 0.929 bits per heavy atom. The van der Waals surface area contributed by atoms with Crippen molar-refractivity contribution in [1.29, 1.82) is 0 Å². The molecule has 0 saturated heterocycles. The minimum atomic E-state index is -0.827. The van der Waals surface area contributed by atoms with Gasteiger partial charge < -0.3 is 9.67 Å². The molecule has 1 N–H and O–H groups in total. The van der Waals surface area contributed by atoms with Gasteiger partial charge in [-0.25, -0.2) is 0 Å². The number of carboxylic acid groups (broad SMARTS) is 1. The molecule has 0 atom stereocenters. The van der Waals surface area contributed by atoms with Crippen LogP contribution in [0.1, 0.15) is 32.6 Å². The molecule has 28 heavy (non-hydrogen) atoms. The van der Waals surface area contributed by atoms with Crippen LogP contribution >= 0.6 is 0 Å². The summed E-state index contributed by atoms with van der Waals surface area (Å²) in [7, 11) is 0. The number of rotatable bonds is 6. The first kappa shape index (κ1) is 20.9. The van der Waals surface area contributed by atoms with E-state index in [1.54, 1.807) is 12.3 Å². The molecule has 4 nitrogen and oxygen atoms in total. The van der Waals surface area contributed by atoms with Crippen molar-refractivity contribution in [3.8, 4) is 0 Å². The van der Waals surface area contributed by atoms with E-state index in [-0.39, 0.29) is 6.42 Å². The first-order valence-corrected chi connectivity index (χ1v) is 9.08. The van der Waals surface area contributed by atoms with Gasteiger partial charge in [-0.15, -0.1) is 0 Å². The van der Waals surface area contributed by atoms with Crippen molar-refractivity contribution in [2.24, 2.45) is 0 Å². The van der Waals surface area contributed by atoms with E-state index in [2.05, 4.69) is 38.1 Å². The summed E-state index contributed by atoms with van der Waals surface area (Å²) in [5, 5.41) is 8.68. The first-order chi connectivity index (χ1) is 13.5. The standard InChI is InChI=1S/C16H15NO3.C8H10/c18-12-15-7-9-17(11-15)8-1-2-13-3-5-14(6-4-13)10-16(19)20;1-7-3-5-8(2)6-4-7/h1-7,9,11-12H,8,10H2,(H,19,20);3-6H,1-2H3/b2-1+;. The molecule has 0 radical (unpaired) electrons. The molecule has 0 bridgehead atoms. The number of hydrogen-bond acceptors (Lipinski definition) is 2. The Hall–Kier alpha value is -3.40. The third-order valence-corrected chi connectivity index (χ3v) is 4.09. The molecule has 2 aromatic carbocycles. The van der Waals surface area contributed by atoms with Crippen LogP contribution in [-0.2, 0) is 17.8 Å². The van der Waals surface area contributed by atoms with E-state index in [0.29, 0.717) is 12.1 Å². The molecule has 4 heteroatoms. The number of aldehydes is 1. The maximum atomic E-state index is 10.6. The molecular weight excluding hydrogens is 350 g/mol. The summed E-state index contributed by atoms with van der Waals surface area (Å²) in [4.78, 5) is 21.1. The summed E-state index contributed by atoms with van der Waals surface area (Å²) in [5.74, 6) is -0.827. The normalized spacial score (nSPS) is 10.4. The largest absolute Gasteiger partial charge is 0.481 e. The Labute approximate surface area is 165 Å². The van der Waals surface area contributed by atoms with E-state index in [4.69, 9.17) is 5.11 Å². The van der Waals surface area contributed by atoms with Gasteiger partial charge in [-0.05, 0) is 31.0 Å². The topological polar surface area (TPSA) is 59.3 Å². The van der Waals surface area contributed by atoms with Crippen molar-refractivity contribution < 1.29 is 14.7 Å². The lowest BCUT2D eigenvalue weighted by Crippen LogP contribution is -1.99. The highest BCUT2D eigenvalue weighted by Gasteiger charge is 1.99. The van der Waals surface area contributed by atoms with Crippen LogP contribution in [0.15, 0.2) is 73.1 Å². The SMILES string of the molecule is Cc1ccc(C)cc1.O=Cc1ccn(C/C=C/c2ccc(CC(=O)O)cc2)c1. The summed E-state index contributed by atoms with van der Waals surface area (Å²) >= 11 is 0. The van der Waals surface area contributed by atoms with Crippen LogP contribution < -0.4 is 0 Å². The number of carbonyl (C=O) groups excluding carboxylic acids is 1. The highest BCUT2D eigenvalue weighted by atomic mass is 16.4. The Balaban J connectivity index is 0.000000292. The van der Waals surface area contributed by atoms with Gasteiger partial charge in [0.1, 0.15) is 0 Å².